The quantitative estimate of drug-likeness (QED) is 0.731. The summed E-state index contributed by atoms with van der Waals surface area (Å²) in [6, 6.07) is 3.09. The maximum Gasteiger partial charge on any atom is 0.337 e. The third kappa shape index (κ3) is 2.26. The first-order valence-corrected chi connectivity index (χ1v) is 5.05. The van der Waals surface area contributed by atoms with E-state index in [1.807, 2.05) is 0 Å². The van der Waals surface area contributed by atoms with Gasteiger partial charge in [0.05, 0.1) is 16.8 Å². The molecule has 90 valence electrons. The molecule has 0 spiro atoms. The van der Waals surface area contributed by atoms with Crippen molar-refractivity contribution in [3.8, 4) is 0 Å². The molecule has 1 saturated carbocycles. The Morgan fingerprint density at radius 3 is 2.59 bits per heavy atom. The van der Waals surface area contributed by atoms with E-state index in [0.29, 0.717) is 12.8 Å². The van der Waals surface area contributed by atoms with Gasteiger partial charge in [-0.1, -0.05) is 0 Å². The highest BCUT2D eigenvalue weighted by molar-refractivity contribution is 6.04. The van der Waals surface area contributed by atoms with Crippen LogP contribution in [0, 0.1) is 5.82 Å². The van der Waals surface area contributed by atoms with Crippen LogP contribution in [0.25, 0.3) is 0 Å². The maximum absolute atomic E-state index is 13.0. The Morgan fingerprint density at radius 2 is 2.06 bits per heavy atom. The zero-order chi connectivity index (χ0) is 12.6. The molecule has 1 aromatic rings. The lowest BCUT2D eigenvalue weighted by Gasteiger charge is -2.12. The normalized spacial score (nSPS) is 16.4. The third-order valence-electron chi connectivity index (χ3n) is 2.70. The Labute approximate surface area is 96.4 Å². The van der Waals surface area contributed by atoms with E-state index in [-0.39, 0.29) is 11.3 Å². The van der Waals surface area contributed by atoms with Crippen LogP contribution in [-0.4, -0.2) is 22.5 Å². The predicted molar refractivity (Wildman–Crippen MR) is 58.1 cm³/mol. The average Bonchev–Trinajstić information content (AvgIpc) is 2.97. The molecular formula is C11H11FN2O3. The fourth-order valence-corrected chi connectivity index (χ4v) is 1.41. The number of carbonyl (C=O) groups is 2. The Hall–Kier alpha value is -1.95. The van der Waals surface area contributed by atoms with Crippen molar-refractivity contribution in [3.63, 3.8) is 0 Å². The van der Waals surface area contributed by atoms with Crippen LogP contribution < -0.4 is 11.1 Å². The lowest BCUT2D eigenvalue weighted by atomic mass is 10.1. The van der Waals surface area contributed by atoms with E-state index in [2.05, 4.69) is 5.32 Å². The second-order valence-corrected chi connectivity index (χ2v) is 4.11. The average molecular weight is 238 g/mol. The number of aromatic carboxylic acids is 1. The summed E-state index contributed by atoms with van der Waals surface area (Å²) in [6.45, 7) is 0. The van der Waals surface area contributed by atoms with Crippen molar-refractivity contribution < 1.29 is 19.1 Å². The molecular weight excluding hydrogens is 227 g/mol. The van der Waals surface area contributed by atoms with Crippen LogP contribution in [0.3, 0.4) is 0 Å². The van der Waals surface area contributed by atoms with Gasteiger partial charge in [0.15, 0.2) is 0 Å². The monoisotopic (exact) mass is 238 g/mol. The number of rotatable bonds is 3. The highest BCUT2D eigenvalue weighted by Gasteiger charge is 2.46. The molecule has 1 aliphatic carbocycles. The van der Waals surface area contributed by atoms with Gasteiger partial charge in [0.2, 0.25) is 5.91 Å². The zero-order valence-corrected chi connectivity index (χ0v) is 8.87. The van der Waals surface area contributed by atoms with Gasteiger partial charge in [-0.05, 0) is 31.0 Å². The number of nitrogens with two attached hydrogens (primary N) is 1. The fourth-order valence-electron chi connectivity index (χ4n) is 1.41. The van der Waals surface area contributed by atoms with Crippen LogP contribution in [0.15, 0.2) is 18.2 Å². The molecule has 0 heterocycles. The third-order valence-corrected chi connectivity index (χ3v) is 2.70. The van der Waals surface area contributed by atoms with Crippen molar-refractivity contribution in [3.05, 3.63) is 29.6 Å². The predicted octanol–water partition coefficient (Wildman–Crippen LogP) is 0.954. The van der Waals surface area contributed by atoms with E-state index in [9.17, 15) is 14.0 Å². The lowest BCUT2D eigenvalue weighted by Crippen LogP contribution is -2.38. The lowest BCUT2D eigenvalue weighted by molar-refractivity contribution is -0.118. The van der Waals surface area contributed by atoms with Crippen LogP contribution in [0.5, 0.6) is 0 Å². The maximum atomic E-state index is 13.0. The van der Waals surface area contributed by atoms with Crippen molar-refractivity contribution in [2.75, 3.05) is 5.32 Å². The first kappa shape index (κ1) is 11.5. The molecule has 6 heteroatoms. The first-order valence-electron chi connectivity index (χ1n) is 5.05. The highest BCUT2D eigenvalue weighted by atomic mass is 19.1. The molecule has 0 aromatic heterocycles. The molecule has 1 fully saturated rings. The minimum Gasteiger partial charge on any atom is -0.478 e. The molecule has 0 bridgehead atoms. The number of amides is 1. The Balaban J connectivity index is 2.27. The van der Waals surface area contributed by atoms with Crippen molar-refractivity contribution in [2.45, 2.75) is 18.4 Å². The van der Waals surface area contributed by atoms with E-state index >= 15 is 0 Å². The minimum absolute atomic E-state index is 0.0702. The molecule has 0 saturated heterocycles. The number of nitrogens with one attached hydrogen (secondary N) is 1. The van der Waals surface area contributed by atoms with Gasteiger partial charge in [0.25, 0.3) is 0 Å². The van der Waals surface area contributed by atoms with Gasteiger partial charge in [-0.3, -0.25) is 4.79 Å². The van der Waals surface area contributed by atoms with E-state index < -0.39 is 23.2 Å². The summed E-state index contributed by atoms with van der Waals surface area (Å²) >= 11 is 0. The summed E-state index contributed by atoms with van der Waals surface area (Å²) < 4.78 is 13.0. The molecule has 1 aromatic carbocycles. The Kier molecular flexibility index (Phi) is 2.59. The molecule has 17 heavy (non-hydrogen) atoms. The SMILES string of the molecule is NC1(C(=O)Nc2cc(F)ccc2C(=O)O)CC1. The number of anilines is 1. The second kappa shape index (κ2) is 3.81. The van der Waals surface area contributed by atoms with Crippen LogP contribution in [0.1, 0.15) is 23.2 Å². The van der Waals surface area contributed by atoms with E-state index in [4.69, 9.17) is 10.8 Å². The largest absolute Gasteiger partial charge is 0.478 e. The van der Waals surface area contributed by atoms with Crippen LogP contribution in [0.2, 0.25) is 0 Å². The van der Waals surface area contributed by atoms with Gasteiger partial charge in [-0.25, -0.2) is 9.18 Å². The first-order chi connectivity index (χ1) is 7.92. The molecule has 1 aliphatic rings. The topological polar surface area (TPSA) is 92.4 Å². The van der Waals surface area contributed by atoms with Gasteiger partial charge in [-0.2, -0.15) is 0 Å². The van der Waals surface area contributed by atoms with Crippen molar-refractivity contribution in [1.29, 1.82) is 0 Å². The standard InChI is InChI=1S/C11H11FN2O3/c12-6-1-2-7(9(15)16)8(5-6)14-10(17)11(13)3-4-11/h1-2,5H,3-4,13H2,(H,14,17)(H,15,16). The zero-order valence-electron chi connectivity index (χ0n) is 8.87. The number of benzene rings is 1. The Bertz CT molecular complexity index is 497. The number of carbonyl (C=O) groups excluding carboxylic acids is 1. The molecule has 2 rings (SSSR count). The number of hydrogen-bond acceptors (Lipinski definition) is 3. The van der Waals surface area contributed by atoms with Gasteiger partial charge in [0.1, 0.15) is 5.82 Å². The molecule has 0 unspecified atom stereocenters. The summed E-state index contributed by atoms with van der Waals surface area (Å²) in [5, 5.41) is 11.2. The minimum atomic E-state index is -1.23. The number of halogens is 1. The van der Waals surface area contributed by atoms with Gasteiger partial charge in [-0.15, -0.1) is 0 Å². The number of carboxylic acid groups (broad SMARTS) is 1. The van der Waals surface area contributed by atoms with Crippen LogP contribution in [-0.2, 0) is 4.79 Å². The van der Waals surface area contributed by atoms with E-state index in [1.54, 1.807) is 0 Å². The molecule has 1 amide bonds. The number of hydrogen-bond donors (Lipinski definition) is 3. The van der Waals surface area contributed by atoms with Crippen molar-refractivity contribution in [1.82, 2.24) is 0 Å². The molecule has 0 radical (unpaired) electrons. The summed E-state index contributed by atoms with van der Waals surface area (Å²) in [4.78, 5) is 22.5. The summed E-state index contributed by atoms with van der Waals surface area (Å²) in [5.41, 5.74) is 4.49. The van der Waals surface area contributed by atoms with Crippen LogP contribution in [0.4, 0.5) is 10.1 Å². The molecule has 4 N–H and O–H groups in total. The molecule has 5 nitrogen and oxygen atoms in total. The van der Waals surface area contributed by atoms with Crippen molar-refractivity contribution >= 4 is 17.6 Å². The Morgan fingerprint density at radius 1 is 1.41 bits per heavy atom. The number of carboxylic acids is 1. The van der Waals surface area contributed by atoms with E-state index in [1.165, 1.54) is 0 Å². The van der Waals surface area contributed by atoms with Gasteiger partial charge >= 0.3 is 5.97 Å². The summed E-state index contributed by atoms with van der Waals surface area (Å²) in [5.74, 6) is -2.33. The second-order valence-electron chi connectivity index (χ2n) is 4.11. The van der Waals surface area contributed by atoms with Gasteiger partial charge < -0.3 is 16.2 Å². The molecule has 0 aliphatic heterocycles. The molecule has 0 atom stereocenters. The van der Waals surface area contributed by atoms with E-state index in [0.717, 1.165) is 18.2 Å². The summed E-state index contributed by atoms with van der Waals surface area (Å²) in [7, 11) is 0. The van der Waals surface area contributed by atoms with Crippen molar-refractivity contribution in [2.24, 2.45) is 5.73 Å². The smallest absolute Gasteiger partial charge is 0.337 e. The fraction of sp³-hybridized carbons (Fsp3) is 0.273. The highest BCUT2D eigenvalue weighted by Crippen LogP contribution is 2.33. The van der Waals surface area contributed by atoms with Gasteiger partial charge in [0, 0.05) is 0 Å². The van der Waals surface area contributed by atoms with Crippen LogP contribution >= 0.6 is 0 Å². The summed E-state index contributed by atoms with van der Waals surface area (Å²) in [6.07, 6.45) is 1.10.